The molecular weight excluding hydrogens is 360 g/mol. The summed E-state index contributed by atoms with van der Waals surface area (Å²) in [5.74, 6) is 0.762. The van der Waals surface area contributed by atoms with E-state index < -0.39 is 0 Å². The highest BCUT2D eigenvalue weighted by Crippen LogP contribution is 2.32. The Morgan fingerprint density at radius 3 is 2.27 bits per heavy atom. The smallest absolute Gasteiger partial charge is 0.143 e. The van der Waals surface area contributed by atoms with Crippen molar-refractivity contribution in [3.63, 3.8) is 0 Å². The van der Waals surface area contributed by atoms with Gasteiger partial charge in [-0.3, -0.25) is 0 Å². The van der Waals surface area contributed by atoms with E-state index in [1.54, 1.807) is 22.7 Å². The third kappa shape index (κ3) is 4.35. The van der Waals surface area contributed by atoms with Crippen molar-refractivity contribution in [1.82, 2.24) is 20.4 Å². The van der Waals surface area contributed by atoms with Gasteiger partial charge in [0.25, 0.3) is 0 Å². The van der Waals surface area contributed by atoms with Crippen LogP contribution in [0.25, 0.3) is 10.6 Å². The molecule has 0 N–H and O–H groups in total. The molecule has 0 fully saturated rings. The lowest BCUT2D eigenvalue weighted by Gasteiger charge is -2.13. The molecule has 6 heteroatoms. The molecule has 0 amide bonds. The van der Waals surface area contributed by atoms with Crippen molar-refractivity contribution < 1.29 is 0 Å². The third-order valence-electron chi connectivity index (χ3n) is 4.15. The minimum atomic E-state index is 0.0571. The van der Waals surface area contributed by atoms with Gasteiger partial charge in [0.05, 0.1) is 0 Å². The molecule has 0 aliphatic heterocycles. The van der Waals surface area contributed by atoms with Gasteiger partial charge in [0.15, 0.2) is 0 Å². The zero-order valence-electron chi connectivity index (χ0n) is 16.3. The summed E-state index contributed by atoms with van der Waals surface area (Å²) in [6.45, 7) is 13.1. The van der Waals surface area contributed by atoms with Gasteiger partial charge in [0, 0.05) is 22.8 Å². The molecule has 0 aliphatic carbocycles. The van der Waals surface area contributed by atoms with Crippen molar-refractivity contribution in [3.05, 3.63) is 44.9 Å². The molecule has 1 unspecified atom stereocenters. The van der Waals surface area contributed by atoms with E-state index in [0.717, 1.165) is 32.0 Å². The Hall–Kier alpha value is -1.66. The highest BCUT2D eigenvalue weighted by Gasteiger charge is 2.21. The van der Waals surface area contributed by atoms with Crippen molar-refractivity contribution in [1.29, 1.82) is 0 Å². The van der Waals surface area contributed by atoms with Crippen LogP contribution in [-0.2, 0) is 11.8 Å². The molecule has 26 heavy (non-hydrogen) atoms. The van der Waals surface area contributed by atoms with Gasteiger partial charge in [-0.15, -0.1) is 31.7 Å². The fourth-order valence-electron chi connectivity index (χ4n) is 2.59. The lowest BCUT2D eigenvalue weighted by molar-refractivity contribution is 0.577. The first-order chi connectivity index (χ1) is 12.2. The molecule has 1 atom stereocenters. The monoisotopic (exact) mass is 386 g/mol. The highest BCUT2D eigenvalue weighted by molar-refractivity contribution is 7.14. The molecule has 0 saturated carbocycles. The summed E-state index contributed by atoms with van der Waals surface area (Å²) in [7, 11) is 0. The standard InChI is InChI=1S/C20H26N4S2/c1-12(2)16-21-23-18(25-16)15-9-7-8-14(11-15)10-13(3)17-22-24-19(26-17)20(4,5)6/h7-9,11-13H,10H2,1-6H3. The maximum absolute atomic E-state index is 4.43. The Kier molecular flexibility index (Phi) is 5.53. The van der Waals surface area contributed by atoms with E-state index in [0.29, 0.717) is 11.8 Å². The first kappa shape index (κ1) is 19.1. The van der Waals surface area contributed by atoms with Gasteiger partial charge in [-0.1, -0.05) is 71.1 Å². The van der Waals surface area contributed by atoms with E-state index in [2.05, 4.69) is 86.2 Å². The summed E-state index contributed by atoms with van der Waals surface area (Å²) in [6, 6.07) is 8.62. The van der Waals surface area contributed by atoms with Crippen LogP contribution in [0.3, 0.4) is 0 Å². The molecule has 2 heterocycles. The van der Waals surface area contributed by atoms with Crippen molar-refractivity contribution in [2.75, 3.05) is 0 Å². The maximum Gasteiger partial charge on any atom is 0.147 e. The van der Waals surface area contributed by atoms with Crippen LogP contribution in [0, 0.1) is 0 Å². The van der Waals surface area contributed by atoms with E-state index >= 15 is 0 Å². The van der Waals surface area contributed by atoms with Crippen LogP contribution in [0.5, 0.6) is 0 Å². The summed E-state index contributed by atoms with van der Waals surface area (Å²) in [5.41, 5.74) is 2.50. The molecule has 3 rings (SSSR count). The average molecular weight is 387 g/mol. The molecule has 4 nitrogen and oxygen atoms in total. The van der Waals surface area contributed by atoms with Gasteiger partial charge >= 0.3 is 0 Å². The normalized spacial score (nSPS) is 13.3. The topological polar surface area (TPSA) is 51.6 Å². The predicted molar refractivity (Wildman–Crippen MR) is 110 cm³/mol. The van der Waals surface area contributed by atoms with Gasteiger partial charge in [0.2, 0.25) is 0 Å². The van der Waals surface area contributed by atoms with Crippen LogP contribution in [0.2, 0.25) is 0 Å². The maximum atomic E-state index is 4.43. The molecule has 2 aromatic heterocycles. The molecule has 0 aliphatic rings. The summed E-state index contributed by atoms with van der Waals surface area (Å²) < 4.78 is 0. The van der Waals surface area contributed by atoms with Crippen molar-refractivity contribution in [2.24, 2.45) is 0 Å². The van der Waals surface area contributed by atoms with Gasteiger partial charge in [-0.25, -0.2) is 0 Å². The minimum absolute atomic E-state index is 0.0571. The fraction of sp³-hybridized carbons (Fsp3) is 0.500. The van der Waals surface area contributed by atoms with Crippen molar-refractivity contribution in [2.45, 2.75) is 65.2 Å². The molecule has 1 aromatic carbocycles. The number of aromatic nitrogens is 4. The van der Waals surface area contributed by atoms with Crippen LogP contribution in [0.15, 0.2) is 24.3 Å². The zero-order valence-corrected chi connectivity index (χ0v) is 17.9. The first-order valence-electron chi connectivity index (χ1n) is 9.00. The van der Waals surface area contributed by atoms with E-state index in [1.165, 1.54) is 5.56 Å². The number of nitrogens with zero attached hydrogens (tertiary/aromatic N) is 4. The van der Waals surface area contributed by atoms with E-state index in [-0.39, 0.29) is 5.41 Å². The fourth-order valence-corrected chi connectivity index (χ4v) is 4.39. The Balaban J connectivity index is 1.76. The molecule has 0 saturated heterocycles. The van der Waals surface area contributed by atoms with Crippen LogP contribution in [0.4, 0.5) is 0 Å². The minimum Gasteiger partial charge on any atom is -0.143 e. The summed E-state index contributed by atoms with van der Waals surface area (Å²) in [4.78, 5) is 0. The van der Waals surface area contributed by atoms with E-state index in [1.807, 2.05) is 0 Å². The largest absolute Gasteiger partial charge is 0.147 e. The zero-order chi connectivity index (χ0) is 18.9. The summed E-state index contributed by atoms with van der Waals surface area (Å²) in [5, 5.41) is 21.8. The van der Waals surface area contributed by atoms with Gasteiger partial charge in [-0.2, -0.15) is 0 Å². The number of benzene rings is 1. The number of hydrogen-bond donors (Lipinski definition) is 0. The quantitative estimate of drug-likeness (QED) is 0.554. The highest BCUT2D eigenvalue weighted by atomic mass is 32.1. The van der Waals surface area contributed by atoms with Crippen molar-refractivity contribution in [3.8, 4) is 10.6 Å². The van der Waals surface area contributed by atoms with Crippen molar-refractivity contribution >= 4 is 22.7 Å². The van der Waals surface area contributed by atoms with Crippen LogP contribution < -0.4 is 0 Å². The third-order valence-corrected chi connectivity index (χ3v) is 7.01. The van der Waals surface area contributed by atoms with E-state index in [9.17, 15) is 0 Å². The Morgan fingerprint density at radius 2 is 1.65 bits per heavy atom. The second-order valence-electron chi connectivity index (χ2n) is 8.10. The lowest BCUT2D eigenvalue weighted by Crippen LogP contribution is -2.10. The molecular formula is C20H26N4S2. The van der Waals surface area contributed by atoms with Crippen LogP contribution >= 0.6 is 22.7 Å². The SMILES string of the molecule is CC(C)c1nnc(-c2cccc(CC(C)c3nnc(C(C)(C)C)s3)c2)s1. The molecule has 138 valence electrons. The van der Waals surface area contributed by atoms with E-state index in [4.69, 9.17) is 0 Å². The molecule has 0 spiro atoms. The average Bonchev–Trinajstić information content (AvgIpc) is 3.24. The van der Waals surface area contributed by atoms with Gasteiger partial charge in [-0.05, 0) is 18.1 Å². The lowest BCUT2D eigenvalue weighted by atomic mass is 9.98. The van der Waals surface area contributed by atoms with Gasteiger partial charge < -0.3 is 0 Å². The van der Waals surface area contributed by atoms with Crippen LogP contribution in [0.1, 0.15) is 74.0 Å². The second-order valence-corrected chi connectivity index (χ2v) is 10.1. The predicted octanol–water partition coefficient (Wildman–Crippen LogP) is 5.82. The molecule has 3 aromatic rings. The Bertz CT molecular complexity index is 874. The van der Waals surface area contributed by atoms with Crippen LogP contribution in [-0.4, -0.2) is 20.4 Å². The first-order valence-corrected chi connectivity index (χ1v) is 10.6. The Labute approximate surface area is 163 Å². The summed E-state index contributed by atoms with van der Waals surface area (Å²) in [6.07, 6.45) is 0.947. The van der Waals surface area contributed by atoms with Gasteiger partial charge in [0.1, 0.15) is 20.0 Å². The molecule has 0 radical (unpaired) electrons. The molecule has 0 bridgehead atoms. The Morgan fingerprint density at radius 1 is 0.923 bits per heavy atom. The number of hydrogen-bond acceptors (Lipinski definition) is 6. The number of rotatable bonds is 5. The summed E-state index contributed by atoms with van der Waals surface area (Å²) >= 11 is 3.41. The second kappa shape index (κ2) is 7.53.